The molecule has 0 saturated carbocycles. The highest BCUT2D eigenvalue weighted by Gasteiger charge is 2.46. The molecule has 2 rings (SSSR count). The van der Waals surface area contributed by atoms with Crippen molar-refractivity contribution in [2.75, 3.05) is 19.6 Å². The average molecular weight is 207 g/mol. The van der Waals surface area contributed by atoms with Gasteiger partial charge in [0, 0.05) is 13.1 Å². The maximum absolute atomic E-state index is 11.7. The van der Waals surface area contributed by atoms with Crippen molar-refractivity contribution in [3.05, 3.63) is 0 Å². The van der Waals surface area contributed by atoms with Crippen LogP contribution in [0.5, 0.6) is 0 Å². The van der Waals surface area contributed by atoms with Crippen LogP contribution >= 0.6 is 0 Å². The molecule has 0 aromatic heterocycles. The van der Waals surface area contributed by atoms with E-state index in [-0.39, 0.29) is 17.9 Å². The summed E-state index contributed by atoms with van der Waals surface area (Å²) in [5.41, 5.74) is 0.0461. The molecule has 2 fully saturated rings. The molecule has 0 aromatic rings. The molecule has 2 heterocycles. The Kier molecular flexibility index (Phi) is 2.92. The molecule has 4 heteroatoms. The molecule has 0 aromatic carbocycles. The number of likely N-dealkylation sites (tertiary alicyclic amines) is 1. The van der Waals surface area contributed by atoms with Crippen LogP contribution in [0.3, 0.4) is 0 Å². The summed E-state index contributed by atoms with van der Waals surface area (Å²) < 4.78 is 0. The van der Waals surface area contributed by atoms with Gasteiger partial charge in [-0.15, -0.1) is 0 Å². The van der Waals surface area contributed by atoms with E-state index in [0.29, 0.717) is 0 Å². The quantitative estimate of drug-likeness (QED) is 0.686. The van der Waals surface area contributed by atoms with Gasteiger partial charge in [0.25, 0.3) is 0 Å². The van der Waals surface area contributed by atoms with E-state index in [0.717, 1.165) is 32.5 Å². The van der Waals surface area contributed by atoms with Gasteiger partial charge in [0.05, 0.1) is 11.6 Å². The Morgan fingerprint density at radius 1 is 1.47 bits per heavy atom. The summed E-state index contributed by atoms with van der Waals surface area (Å²) in [5, 5.41) is 11.9. The average Bonchev–Trinajstić information content (AvgIpc) is 2.43. The molecule has 1 amide bonds. The second kappa shape index (κ2) is 4.19. The molecule has 2 aliphatic rings. The van der Waals surface area contributed by atoms with Crippen molar-refractivity contribution in [1.29, 1.82) is 5.26 Å². The summed E-state index contributed by atoms with van der Waals surface area (Å²) >= 11 is 0. The number of rotatable bonds is 1. The number of hydrogen-bond acceptors (Lipinski definition) is 3. The first kappa shape index (κ1) is 10.4. The maximum atomic E-state index is 11.7. The fourth-order valence-corrected chi connectivity index (χ4v) is 2.65. The van der Waals surface area contributed by atoms with Crippen LogP contribution in [0, 0.1) is 11.3 Å². The van der Waals surface area contributed by atoms with Gasteiger partial charge in [-0.25, -0.2) is 0 Å². The van der Waals surface area contributed by atoms with Gasteiger partial charge in [-0.05, 0) is 32.2 Å². The molecular weight excluding hydrogens is 190 g/mol. The number of nitrogens with one attached hydrogen (secondary N) is 1. The zero-order valence-corrected chi connectivity index (χ0v) is 8.96. The normalized spacial score (nSPS) is 30.5. The number of hydrogen-bond donors (Lipinski definition) is 1. The van der Waals surface area contributed by atoms with Crippen molar-refractivity contribution in [1.82, 2.24) is 10.2 Å². The number of carbonyl (C=O) groups excluding carboxylic acids is 1. The molecule has 1 unspecified atom stereocenters. The van der Waals surface area contributed by atoms with E-state index in [1.54, 1.807) is 0 Å². The van der Waals surface area contributed by atoms with E-state index >= 15 is 0 Å². The summed E-state index contributed by atoms with van der Waals surface area (Å²) in [4.78, 5) is 13.6. The summed E-state index contributed by atoms with van der Waals surface area (Å²) in [6.45, 7) is 2.80. The van der Waals surface area contributed by atoms with Crippen molar-refractivity contribution in [3.8, 4) is 6.07 Å². The molecule has 0 aliphatic carbocycles. The predicted octanol–water partition coefficient (Wildman–Crippen LogP) is 0.645. The zero-order chi connectivity index (χ0) is 10.7. The number of carbonyl (C=O) groups is 1. The molecule has 4 nitrogen and oxygen atoms in total. The molecular formula is C11H17N3O. The Bertz CT molecular complexity index is 287. The predicted molar refractivity (Wildman–Crippen MR) is 56.0 cm³/mol. The lowest BCUT2D eigenvalue weighted by atomic mass is 9.80. The van der Waals surface area contributed by atoms with Crippen LogP contribution in [0.4, 0.5) is 0 Å². The third-order valence-electron chi connectivity index (χ3n) is 3.60. The topological polar surface area (TPSA) is 56.1 Å². The van der Waals surface area contributed by atoms with Crippen LogP contribution in [0.15, 0.2) is 0 Å². The molecule has 2 saturated heterocycles. The van der Waals surface area contributed by atoms with Gasteiger partial charge >= 0.3 is 0 Å². The van der Waals surface area contributed by atoms with Gasteiger partial charge in [0.1, 0.15) is 6.42 Å². The third kappa shape index (κ3) is 1.84. The summed E-state index contributed by atoms with van der Waals surface area (Å²) in [6.07, 6.45) is 4.60. The molecule has 15 heavy (non-hydrogen) atoms. The van der Waals surface area contributed by atoms with E-state index in [1.807, 2.05) is 11.0 Å². The maximum Gasteiger partial charge on any atom is 0.237 e. The lowest BCUT2D eigenvalue weighted by molar-refractivity contribution is -0.146. The largest absolute Gasteiger partial charge is 0.335 e. The van der Waals surface area contributed by atoms with Crippen LogP contribution < -0.4 is 5.32 Å². The fourth-order valence-electron chi connectivity index (χ4n) is 2.65. The van der Waals surface area contributed by atoms with E-state index in [9.17, 15) is 4.79 Å². The number of nitriles is 1. The molecule has 0 bridgehead atoms. The van der Waals surface area contributed by atoms with Gasteiger partial charge in [0.15, 0.2) is 0 Å². The third-order valence-corrected chi connectivity index (χ3v) is 3.60. The van der Waals surface area contributed by atoms with E-state index in [4.69, 9.17) is 5.26 Å². The second-order valence-electron chi connectivity index (χ2n) is 4.49. The monoisotopic (exact) mass is 207 g/mol. The summed E-state index contributed by atoms with van der Waals surface area (Å²) in [6, 6.07) is 1.94. The Morgan fingerprint density at radius 3 is 3.00 bits per heavy atom. The minimum absolute atomic E-state index is 0.00690. The van der Waals surface area contributed by atoms with Gasteiger partial charge < -0.3 is 10.2 Å². The minimum Gasteiger partial charge on any atom is -0.335 e. The van der Waals surface area contributed by atoms with Crippen LogP contribution in [0.2, 0.25) is 0 Å². The minimum atomic E-state index is 0.00690. The Labute approximate surface area is 90.2 Å². The van der Waals surface area contributed by atoms with Crippen molar-refractivity contribution in [3.63, 3.8) is 0 Å². The van der Waals surface area contributed by atoms with Crippen molar-refractivity contribution >= 4 is 5.91 Å². The van der Waals surface area contributed by atoms with Crippen LogP contribution in [-0.4, -0.2) is 36.0 Å². The van der Waals surface area contributed by atoms with Crippen LogP contribution in [-0.2, 0) is 4.79 Å². The van der Waals surface area contributed by atoms with Crippen LogP contribution in [0.25, 0.3) is 0 Å². The van der Waals surface area contributed by atoms with Crippen molar-refractivity contribution in [2.45, 2.75) is 37.6 Å². The molecule has 1 spiro atoms. The first-order valence-corrected chi connectivity index (χ1v) is 5.67. The van der Waals surface area contributed by atoms with Gasteiger partial charge in [-0.1, -0.05) is 0 Å². The summed E-state index contributed by atoms with van der Waals surface area (Å²) in [7, 11) is 0. The van der Waals surface area contributed by atoms with E-state index < -0.39 is 0 Å². The number of amides is 1. The Hall–Kier alpha value is -1.08. The highest BCUT2D eigenvalue weighted by molar-refractivity contribution is 5.80. The van der Waals surface area contributed by atoms with Gasteiger partial charge in [0.2, 0.25) is 5.91 Å². The molecule has 1 atom stereocenters. The van der Waals surface area contributed by atoms with Gasteiger partial charge in [-0.3, -0.25) is 4.79 Å². The second-order valence-corrected chi connectivity index (χ2v) is 4.49. The Balaban J connectivity index is 2.02. The first-order chi connectivity index (χ1) is 7.28. The molecule has 82 valence electrons. The first-order valence-electron chi connectivity index (χ1n) is 5.67. The lowest BCUT2D eigenvalue weighted by Crippen LogP contribution is -2.65. The van der Waals surface area contributed by atoms with Crippen molar-refractivity contribution in [2.24, 2.45) is 0 Å². The van der Waals surface area contributed by atoms with E-state index in [1.165, 1.54) is 12.8 Å². The fraction of sp³-hybridized carbons (Fsp3) is 0.818. The number of nitrogens with zero attached hydrogens (tertiary/aromatic N) is 2. The SMILES string of the molecule is N#CCC(=O)N1CCC12CCCCNC2. The van der Waals surface area contributed by atoms with E-state index in [2.05, 4.69) is 5.32 Å². The van der Waals surface area contributed by atoms with Crippen molar-refractivity contribution < 1.29 is 4.79 Å². The van der Waals surface area contributed by atoms with Crippen LogP contribution in [0.1, 0.15) is 32.1 Å². The molecule has 2 aliphatic heterocycles. The summed E-state index contributed by atoms with van der Waals surface area (Å²) in [5.74, 6) is 0.00690. The van der Waals surface area contributed by atoms with Gasteiger partial charge in [-0.2, -0.15) is 5.26 Å². The molecule has 1 N–H and O–H groups in total. The highest BCUT2D eigenvalue weighted by atomic mass is 16.2. The lowest BCUT2D eigenvalue weighted by Gasteiger charge is -2.52. The zero-order valence-electron chi connectivity index (χ0n) is 8.96. The standard InChI is InChI=1S/C11H17N3O/c12-6-3-10(15)14-8-5-11(14)4-1-2-7-13-9-11/h13H,1-5,7-9H2. The molecule has 0 radical (unpaired) electrons. The highest BCUT2D eigenvalue weighted by Crippen LogP contribution is 2.36. The smallest absolute Gasteiger partial charge is 0.237 e. The Morgan fingerprint density at radius 2 is 2.33 bits per heavy atom.